The van der Waals surface area contributed by atoms with Gasteiger partial charge in [0.05, 0.1) is 0 Å². The van der Waals surface area contributed by atoms with Crippen molar-refractivity contribution in [3.63, 3.8) is 0 Å². The van der Waals surface area contributed by atoms with Crippen LogP contribution in [0.2, 0.25) is 5.02 Å². The standard InChI is InChI=1S/C17H18ClNS2.C4H4O4/c1-19-8-9-20-17-10-12-4-2-3-5-15(12)21-16-7-6-13(18)11-14(16)17;5-3(6)1-2-4(7)8/h2-7,11,17,19H,8-10H2,1H3;1-2H,(H,5,6)(H,7,8)/b;2-1+. The summed E-state index contributed by atoms with van der Waals surface area (Å²) in [7, 11) is 2.00. The normalized spacial score (nSPS) is 14.9. The fourth-order valence-corrected chi connectivity index (χ4v) is 5.31. The topological polar surface area (TPSA) is 86.6 Å². The van der Waals surface area contributed by atoms with E-state index in [0.29, 0.717) is 17.4 Å². The predicted octanol–water partition coefficient (Wildman–Crippen LogP) is 4.75. The summed E-state index contributed by atoms with van der Waals surface area (Å²) in [5.74, 6) is -1.40. The molecule has 8 heteroatoms. The van der Waals surface area contributed by atoms with Crippen LogP contribution in [0.4, 0.5) is 0 Å². The largest absolute Gasteiger partial charge is 0.478 e. The maximum absolute atomic E-state index is 9.55. The molecule has 29 heavy (non-hydrogen) atoms. The first-order valence-electron chi connectivity index (χ1n) is 8.86. The van der Waals surface area contributed by atoms with Crippen molar-refractivity contribution in [2.45, 2.75) is 21.5 Å². The lowest BCUT2D eigenvalue weighted by Crippen LogP contribution is -2.11. The van der Waals surface area contributed by atoms with Crippen LogP contribution in [-0.4, -0.2) is 41.5 Å². The third kappa shape index (κ3) is 7.78. The number of aliphatic carboxylic acids is 2. The Morgan fingerprint density at radius 1 is 1.17 bits per heavy atom. The Balaban J connectivity index is 0.000000321. The van der Waals surface area contributed by atoms with E-state index in [1.165, 1.54) is 20.9 Å². The monoisotopic (exact) mass is 451 g/mol. The minimum atomic E-state index is -1.26. The van der Waals surface area contributed by atoms with Gasteiger partial charge in [-0.05, 0) is 48.9 Å². The van der Waals surface area contributed by atoms with E-state index in [2.05, 4.69) is 41.7 Å². The summed E-state index contributed by atoms with van der Waals surface area (Å²) in [5, 5.41) is 20.2. The van der Waals surface area contributed by atoms with Crippen LogP contribution >= 0.6 is 35.1 Å². The van der Waals surface area contributed by atoms with Crippen LogP contribution in [0.3, 0.4) is 0 Å². The lowest BCUT2D eigenvalue weighted by molar-refractivity contribution is -0.134. The summed E-state index contributed by atoms with van der Waals surface area (Å²) in [6, 6.07) is 15.0. The Morgan fingerprint density at radius 3 is 2.52 bits per heavy atom. The number of halogens is 1. The van der Waals surface area contributed by atoms with Crippen molar-refractivity contribution in [1.29, 1.82) is 0 Å². The number of carbonyl (C=O) groups is 2. The molecular formula is C21H22ClNO4S2. The highest BCUT2D eigenvalue weighted by molar-refractivity contribution is 8.00. The van der Waals surface area contributed by atoms with Crippen LogP contribution in [0.15, 0.2) is 64.4 Å². The van der Waals surface area contributed by atoms with Crippen molar-refractivity contribution in [1.82, 2.24) is 5.32 Å². The quantitative estimate of drug-likeness (QED) is 0.431. The van der Waals surface area contributed by atoms with E-state index in [-0.39, 0.29) is 0 Å². The van der Waals surface area contributed by atoms with Crippen LogP contribution in [0.25, 0.3) is 0 Å². The van der Waals surface area contributed by atoms with Crippen LogP contribution in [0, 0.1) is 0 Å². The third-order valence-corrected chi connectivity index (χ3v) is 6.66. The third-order valence-electron chi connectivity index (χ3n) is 3.96. The molecule has 5 nitrogen and oxygen atoms in total. The zero-order valence-corrected chi connectivity index (χ0v) is 18.2. The Morgan fingerprint density at radius 2 is 1.86 bits per heavy atom. The molecule has 1 atom stereocenters. The van der Waals surface area contributed by atoms with Gasteiger partial charge in [0.25, 0.3) is 0 Å². The second-order valence-electron chi connectivity index (χ2n) is 6.07. The number of nitrogens with one attached hydrogen (secondary N) is 1. The fourth-order valence-electron chi connectivity index (χ4n) is 2.66. The Bertz CT molecular complexity index is 873. The number of rotatable bonds is 6. The lowest BCUT2D eigenvalue weighted by Gasteiger charge is -2.17. The number of hydrogen-bond donors (Lipinski definition) is 3. The van der Waals surface area contributed by atoms with Gasteiger partial charge in [-0.1, -0.05) is 41.6 Å². The number of fused-ring (bicyclic) bond motifs is 2. The average Bonchev–Trinajstić information content (AvgIpc) is 2.83. The van der Waals surface area contributed by atoms with Crippen molar-refractivity contribution in [2.75, 3.05) is 19.3 Å². The molecule has 0 bridgehead atoms. The average molecular weight is 452 g/mol. The highest BCUT2D eigenvalue weighted by Crippen LogP contribution is 2.46. The predicted molar refractivity (Wildman–Crippen MR) is 119 cm³/mol. The fraction of sp³-hybridized carbons (Fsp3) is 0.238. The van der Waals surface area contributed by atoms with Gasteiger partial charge in [-0.2, -0.15) is 11.8 Å². The maximum atomic E-state index is 9.55. The highest BCUT2D eigenvalue weighted by atomic mass is 35.5. The van der Waals surface area contributed by atoms with Gasteiger partial charge in [0, 0.05) is 44.5 Å². The van der Waals surface area contributed by atoms with Crippen LogP contribution in [0.1, 0.15) is 16.4 Å². The van der Waals surface area contributed by atoms with Gasteiger partial charge < -0.3 is 15.5 Å². The molecule has 2 aromatic rings. The molecule has 1 heterocycles. The molecule has 1 aliphatic heterocycles. The molecule has 0 aliphatic carbocycles. The number of benzene rings is 2. The maximum Gasteiger partial charge on any atom is 0.328 e. The summed E-state index contributed by atoms with van der Waals surface area (Å²) in [6.45, 7) is 1.03. The van der Waals surface area contributed by atoms with Gasteiger partial charge in [-0.25, -0.2) is 9.59 Å². The summed E-state index contributed by atoms with van der Waals surface area (Å²) in [4.78, 5) is 21.8. The second-order valence-corrected chi connectivity index (χ2v) is 8.90. The highest BCUT2D eigenvalue weighted by Gasteiger charge is 2.23. The summed E-state index contributed by atoms with van der Waals surface area (Å²) >= 11 is 10.1. The van der Waals surface area contributed by atoms with E-state index in [0.717, 1.165) is 23.7 Å². The molecule has 0 spiro atoms. The molecule has 1 unspecified atom stereocenters. The second kappa shape index (κ2) is 11.9. The molecule has 3 N–H and O–H groups in total. The van der Waals surface area contributed by atoms with Crippen LogP contribution in [-0.2, 0) is 16.0 Å². The van der Waals surface area contributed by atoms with Crippen molar-refractivity contribution in [3.8, 4) is 0 Å². The molecule has 3 rings (SSSR count). The first-order chi connectivity index (χ1) is 13.9. The van der Waals surface area contributed by atoms with E-state index in [9.17, 15) is 9.59 Å². The summed E-state index contributed by atoms with van der Waals surface area (Å²) in [5.41, 5.74) is 2.82. The van der Waals surface area contributed by atoms with Gasteiger partial charge in [0.15, 0.2) is 0 Å². The van der Waals surface area contributed by atoms with Gasteiger partial charge in [0.1, 0.15) is 0 Å². The van der Waals surface area contributed by atoms with Crippen molar-refractivity contribution >= 4 is 47.1 Å². The first-order valence-corrected chi connectivity index (χ1v) is 11.1. The van der Waals surface area contributed by atoms with Gasteiger partial charge >= 0.3 is 11.9 Å². The number of thioether (sulfide) groups is 1. The molecule has 0 radical (unpaired) electrons. The molecule has 0 fully saturated rings. The van der Waals surface area contributed by atoms with E-state index in [1.54, 1.807) is 0 Å². The summed E-state index contributed by atoms with van der Waals surface area (Å²) in [6.07, 6.45) is 2.19. The van der Waals surface area contributed by atoms with E-state index < -0.39 is 11.9 Å². The Labute approximate surface area is 183 Å². The molecule has 0 saturated carbocycles. The zero-order chi connectivity index (χ0) is 21.2. The van der Waals surface area contributed by atoms with Crippen molar-refractivity contribution in [3.05, 3.63) is 70.8 Å². The molecular weight excluding hydrogens is 430 g/mol. The van der Waals surface area contributed by atoms with Gasteiger partial charge in [-0.3, -0.25) is 0 Å². The van der Waals surface area contributed by atoms with Crippen molar-refractivity contribution in [2.24, 2.45) is 0 Å². The molecule has 0 saturated heterocycles. The first kappa shape index (κ1) is 23.3. The van der Waals surface area contributed by atoms with Gasteiger partial charge in [-0.15, -0.1) is 0 Å². The van der Waals surface area contributed by atoms with Crippen LogP contribution < -0.4 is 5.32 Å². The van der Waals surface area contributed by atoms with Crippen molar-refractivity contribution < 1.29 is 19.8 Å². The Hall–Kier alpha value is -1.93. The summed E-state index contributed by atoms with van der Waals surface area (Å²) < 4.78 is 0. The molecule has 0 amide bonds. The SMILES string of the molecule is CNCCSC1Cc2ccccc2Sc2ccc(Cl)cc21.O=C(O)/C=C/C(=O)O. The lowest BCUT2D eigenvalue weighted by atomic mass is 10.0. The molecule has 2 aromatic carbocycles. The van der Waals surface area contributed by atoms with Crippen LogP contribution in [0.5, 0.6) is 0 Å². The molecule has 1 aliphatic rings. The smallest absolute Gasteiger partial charge is 0.328 e. The number of carboxylic acid groups (broad SMARTS) is 2. The molecule has 0 aromatic heterocycles. The number of carboxylic acids is 2. The van der Waals surface area contributed by atoms with E-state index in [1.807, 2.05) is 36.6 Å². The van der Waals surface area contributed by atoms with Gasteiger partial charge in [0.2, 0.25) is 0 Å². The molecule has 154 valence electrons. The van der Waals surface area contributed by atoms with E-state index in [4.69, 9.17) is 21.8 Å². The zero-order valence-electron chi connectivity index (χ0n) is 15.8. The van der Waals surface area contributed by atoms with E-state index >= 15 is 0 Å². The minimum Gasteiger partial charge on any atom is -0.478 e. The number of hydrogen-bond acceptors (Lipinski definition) is 5. The Kier molecular flexibility index (Phi) is 9.60. The minimum absolute atomic E-state index is 0.475.